The Morgan fingerprint density at radius 3 is 0.978 bits per heavy atom. The van der Waals surface area contributed by atoms with Gasteiger partial charge in [-0.15, -0.1) is 0 Å². The van der Waals surface area contributed by atoms with E-state index >= 15 is 0 Å². The Balaban J connectivity index is 3.39. The number of aliphatic hydroxyl groups excluding tert-OH is 2. The summed E-state index contributed by atoms with van der Waals surface area (Å²) in [5, 5.41) is 23.1. The highest BCUT2D eigenvalue weighted by Crippen LogP contribution is 2.17. The molecule has 0 fully saturated rings. The average Bonchev–Trinajstić information content (AvgIpc) is 3.06. The van der Waals surface area contributed by atoms with Crippen LogP contribution in [0, 0.1) is 0 Å². The van der Waals surface area contributed by atoms with Crippen molar-refractivity contribution in [2.75, 3.05) is 6.61 Å². The summed E-state index contributed by atoms with van der Waals surface area (Å²) in [6.07, 6.45) is 46.2. The summed E-state index contributed by atoms with van der Waals surface area (Å²) in [5.41, 5.74) is 0. The fourth-order valence-electron chi connectivity index (χ4n) is 6.83. The van der Waals surface area contributed by atoms with E-state index in [2.05, 4.69) is 19.2 Å². The van der Waals surface area contributed by atoms with E-state index in [1.807, 2.05) is 0 Å². The number of unbranched alkanes of at least 4 members (excludes halogenated alkanes) is 32. The summed E-state index contributed by atoms with van der Waals surface area (Å²) in [5.74, 6) is -0.0316. The van der Waals surface area contributed by atoms with Gasteiger partial charge in [0.2, 0.25) is 5.91 Å². The quantitative estimate of drug-likeness (QED) is 0.0579. The number of hydrogen-bond acceptors (Lipinski definition) is 3. The first-order chi connectivity index (χ1) is 22.7. The standard InChI is InChI=1S/C42H85NO3/c1-3-5-7-9-11-13-14-15-16-17-18-19-20-21-22-23-24-25-26-27-28-30-31-33-35-37-41(45)40(39-44)43-42(46)38-36-34-32-29-12-10-8-6-4-2/h40-41,44-45H,3-39H2,1-2H3,(H,43,46). The number of rotatable bonds is 39. The van der Waals surface area contributed by atoms with E-state index in [0.29, 0.717) is 12.8 Å². The van der Waals surface area contributed by atoms with Gasteiger partial charge in [-0.25, -0.2) is 0 Å². The van der Waals surface area contributed by atoms with Gasteiger partial charge in [0.05, 0.1) is 18.8 Å². The van der Waals surface area contributed by atoms with E-state index in [1.54, 1.807) is 0 Å². The predicted octanol–water partition coefficient (Wildman–Crippen LogP) is 12.9. The zero-order chi connectivity index (χ0) is 33.6. The highest BCUT2D eigenvalue weighted by Gasteiger charge is 2.20. The molecular weight excluding hydrogens is 566 g/mol. The minimum atomic E-state index is -0.651. The lowest BCUT2D eigenvalue weighted by molar-refractivity contribution is -0.123. The van der Waals surface area contributed by atoms with Crippen molar-refractivity contribution in [2.24, 2.45) is 0 Å². The number of hydrogen-bond donors (Lipinski definition) is 3. The number of amides is 1. The highest BCUT2D eigenvalue weighted by molar-refractivity contribution is 5.76. The third-order valence-electron chi connectivity index (χ3n) is 10.1. The van der Waals surface area contributed by atoms with Gasteiger partial charge in [-0.3, -0.25) is 4.79 Å². The van der Waals surface area contributed by atoms with Crippen molar-refractivity contribution in [3.05, 3.63) is 0 Å². The largest absolute Gasteiger partial charge is 0.394 e. The zero-order valence-corrected chi connectivity index (χ0v) is 31.6. The van der Waals surface area contributed by atoms with Crippen LogP contribution in [-0.2, 0) is 4.79 Å². The molecule has 276 valence electrons. The molecule has 0 spiro atoms. The minimum absolute atomic E-state index is 0.0316. The maximum atomic E-state index is 12.3. The lowest BCUT2D eigenvalue weighted by atomic mass is 10.0. The third kappa shape index (κ3) is 34.7. The molecule has 0 bridgehead atoms. The lowest BCUT2D eigenvalue weighted by Crippen LogP contribution is -2.45. The first-order valence-corrected chi connectivity index (χ1v) is 21.2. The molecule has 0 rings (SSSR count). The van der Waals surface area contributed by atoms with Crippen LogP contribution in [0.3, 0.4) is 0 Å². The molecular formula is C42H85NO3. The molecule has 0 aliphatic rings. The molecule has 46 heavy (non-hydrogen) atoms. The molecule has 0 aromatic carbocycles. The van der Waals surface area contributed by atoms with E-state index in [1.165, 1.54) is 193 Å². The predicted molar refractivity (Wildman–Crippen MR) is 203 cm³/mol. The molecule has 4 nitrogen and oxygen atoms in total. The fraction of sp³-hybridized carbons (Fsp3) is 0.976. The van der Waals surface area contributed by atoms with Crippen molar-refractivity contribution in [3.63, 3.8) is 0 Å². The summed E-state index contributed by atoms with van der Waals surface area (Å²) in [4.78, 5) is 12.3. The fourth-order valence-corrected chi connectivity index (χ4v) is 6.83. The van der Waals surface area contributed by atoms with Crippen LogP contribution in [0.25, 0.3) is 0 Å². The van der Waals surface area contributed by atoms with E-state index in [0.717, 1.165) is 25.7 Å². The molecule has 0 saturated carbocycles. The lowest BCUT2D eigenvalue weighted by Gasteiger charge is -2.22. The Morgan fingerprint density at radius 2 is 0.696 bits per heavy atom. The van der Waals surface area contributed by atoms with Crippen molar-refractivity contribution < 1.29 is 15.0 Å². The van der Waals surface area contributed by atoms with Crippen LogP contribution >= 0.6 is 0 Å². The molecule has 0 aliphatic heterocycles. The maximum Gasteiger partial charge on any atom is 0.220 e. The van der Waals surface area contributed by atoms with Crippen LogP contribution in [0.2, 0.25) is 0 Å². The summed E-state index contributed by atoms with van der Waals surface area (Å²) in [6.45, 7) is 4.35. The molecule has 2 unspecified atom stereocenters. The SMILES string of the molecule is CCCCCCCCCCCCCCCCCCCCCCCCCCCC(O)C(CO)NC(=O)CCCCCCCCCCC. The Hall–Kier alpha value is -0.610. The molecule has 0 heterocycles. The molecule has 0 aromatic rings. The van der Waals surface area contributed by atoms with Crippen LogP contribution in [0.4, 0.5) is 0 Å². The molecule has 0 saturated heterocycles. The van der Waals surface area contributed by atoms with Crippen molar-refractivity contribution in [2.45, 2.75) is 257 Å². The van der Waals surface area contributed by atoms with Gasteiger partial charge in [0.1, 0.15) is 0 Å². The van der Waals surface area contributed by atoms with Gasteiger partial charge in [0.25, 0.3) is 0 Å². The molecule has 0 aliphatic carbocycles. The molecule has 2 atom stereocenters. The molecule has 1 amide bonds. The van der Waals surface area contributed by atoms with Crippen molar-refractivity contribution in [3.8, 4) is 0 Å². The topological polar surface area (TPSA) is 69.6 Å². The number of carbonyl (C=O) groups excluding carboxylic acids is 1. The minimum Gasteiger partial charge on any atom is -0.394 e. The smallest absolute Gasteiger partial charge is 0.220 e. The zero-order valence-electron chi connectivity index (χ0n) is 31.6. The monoisotopic (exact) mass is 652 g/mol. The Labute approximate surface area is 289 Å². The summed E-state index contributed by atoms with van der Waals surface area (Å²) in [7, 11) is 0. The second kappa shape index (κ2) is 38.8. The third-order valence-corrected chi connectivity index (χ3v) is 10.1. The molecule has 3 N–H and O–H groups in total. The van der Waals surface area contributed by atoms with E-state index in [4.69, 9.17) is 0 Å². The summed E-state index contributed by atoms with van der Waals surface area (Å²) in [6, 6.07) is -0.527. The van der Waals surface area contributed by atoms with E-state index in [9.17, 15) is 15.0 Å². The van der Waals surface area contributed by atoms with Crippen LogP contribution in [0.15, 0.2) is 0 Å². The normalized spacial score (nSPS) is 12.9. The maximum absolute atomic E-state index is 12.3. The van der Waals surface area contributed by atoms with Crippen LogP contribution in [-0.4, -0.2) is 34.9 Å². The van der Waals surface area contributed by atoms with Gasteiger partial charge in [-0.05, 0) is 12.8 Å². The van der Waals surface area contributed by atoms with Gasteiger partial charge in [-0.1, -0.05) is 226 Å². The molecule has 4 heteroatoms. The van der Waals surface area contributed by atoms with Crippen molar-refractivity contribution >= 4 is 5.91 Å². The van der Waals surface area contributed by atoms with Gasteiger partial charge in [-0.2, -0.15) is 0 Å². The van der Waals surface area contributed by atoms with Gasteiger partial charge >= 0.3 is 0 Å². The number of aliphatic hydroxyl groups is 2. The van der Waals surface area contributed by atoms with Crippen molar-refractivity contribution in [1.29, 1.82) is 0 Å². The first kappa shape index (κ1) is 45.4. The summed E-state index contributed by atoms with van der Waals surface area (Å²) < 4.78 is 0. The molecule has 0 aromatic heterocycles. The van der Waals surface area contributed by atoms with Gasteiger partial charge < -0.3 is 15.5 Å². The van der Waals surface area contributed by atoms with E-state index in [-0.39, 0.29) is 12.5 Å². The Kier molecular flexibility index (Phi) is 38.3. The number of nitrogens with one attached hydrogen (secondary N) is 1. The van der Waals surface area contributed by atoms with Gasteiger partial charge in [0.15, 0.2) is 0 Å². The highest BCUT2D eigenvalue weighted by atomic mass is 16.3. The van der Waals surface area contributed by atoms with Gasteiger partial charge in [0, 0.05) is 6.42 Å². The Bertz CT molecular complexity index is 583. The van der Waals surface area contributed by atoms with Crippen LogP contribution in [0.5, 0.6) is 0 Å². The van der Waals surface area contributed by atoms with Crippen molar-refractivity contribution in [1.82, 2.24) is 5.32 Å². The second-order valence-corrected chi connectivity index (χ2v) is 14.8. The summed E-state index contributed by atoms with van der Waals surface area (Å²) >= 11 is 0. The molecule has 0 radical (unpaired) electrons. The Morgan fingerprint density at radius 1 is 0.435 bits per heavy atom. The number of carbonyl (C=O) groups is 1. The second-order valence-electron chi connectivity index (χ2n) is 14.8. The average molecular weight is 652 g/mol. The van der Waals surface area contributed by atoms with E-state index < -0.39 is 12.1 Å². The first-order valence-electron chi connectivity index (χ1n) is 21.2. The van der Waals surface area contributed by atoms with Crippen LogP contribution in [0.1, 0.15) is 245 Å². The van der Waals surface area contributed by atoms with Crippen LogP contribution < -0.4 is 5.32 Å².